The highest BCUT2D eigenvalue weighted by molar-refractivity contribution is 5.91. The molecule has 0 spiro atoms. The number of nitrogens with one attached hydrogen (secondary N) is 2. The molecule has 1 aliphatic rings. The van der Waals surface area contributed by atoms with Crippen molar-refractivity contribution in [1.82, 2.24) is 20.3 Å². The van der Waals surface area contributed by atoms with Crippen molar-refractivity contribution in [3.05, 3.63) is 76.5 Å². The number of H-pyrrole nitrogens is 1. The second-order valence-corrected chi connectivity index (χ2v) is 8.26. The van der Waals surface area contributed by atoms with E-state index in [1.165, 1.54) is 6.07 Å². The molecule has 2 heterocycles. The summed E-state index contributed by atoms with van der Waals surface area (Å²) in [6.45, 7) is 4.01. The van der Waals surface area contributed by atoms with Gasteiger partial charge in [-0.2, -0.15) is 0 Å². The summed E-state index contributed by atoms with van der Waals surface area (Å²) in [4.78, 5) is 37.1. The van der Waals surface area contributed by atoms with E-state index in [9.17, 15) is 9.59 Å². The minimum absolute atomic E-state index is 0.0380. The van der Waals surface area contributed by atoms with E-state index in [0.29, 0.717) is 11.5 Å². The SMILES string of the molecule is COc1ccc(C2(C(=O)N[C@H](c3cc(=O)[nH]c(-c4ccncc4)n3)C(C)C)CC2)cc1. The Morgan fingerprint density at radius 3 is 2.39 bits per heavy atom. The highest BCUT2D eigenvalue weighted by Crippen LogP contribution is 2.49. The molecule has 3 aromatic rings. The molecule has 1 atom stereocenters. The average Bonchev–Trinajstić information content (AvgIpc) is 3.59. The summed E-state index contributed by atoms with van der Waals surface area (Å²) in [5.41, 5.74) is 1.50. The maximum Gasteiger partial charge on any atom is 0.251 e. The number of carbonyl (C=O) groups excluding carboxylic acids is 1. The summed E-state index contributed by atoms with van der Waals surface area (Å²) in [6, 6.07) is 12.3. The van der Waals surface area contributed by atoms with E-state index in [-0.39, 0.29) is 23.4 Å². The first-order valence-corrected chi connectivity index (χ1v) is 10.4. The quantitative estimate of drug-likeness (QED) is 0.613. The molecule has 0 radical (unpaired) electrons. The van der Waals surface area contributed by atoms with E-state index in [4.69, 9.17) is 4.74 Å². The van der Waals surface area contributed by atoms with E-state index in [0.717, 1.165) is 29.7 Å². The van der Waals surface area contributed by atoms with Crippen molar-refractivity contribution in [2.45, 2.75) is 38.1 Å². The van der Waals surface area contributed by atoms with Crippen LogP contribution in [-0.2, 0) is 10.2 Å². The number of rotatable bonds is 7. The number of hydrogen-bond acceptors (Lipinski definition) is 5. The molecule has 0 unspecified atom stereocenters. The Balaban J connectivity index is 1.62. The summed E-state index contributed by atoms with van der Waals surface area (Å²) in [7, 11) is 1.62. The molecule has 4 rings (SSSR count). The Morgan fingerprint density at radius 2 is 1.81 bits per heavy atom. The number of nitrogens with zero attached hydrogens (tertiary/aromatic N) is 2. The third-order valence-corrected chi connectivity index (χ3v) is 5.81. The molecule has 0 bridgehead atoms. The zero-order valence-corrected chi connectivity index (χ0v) is 17.9. The normalized spacial score (nSPS) is 15.4. The second kappa shape index (κ2) is 8.34. The van der Waals surface area contributed by atoms with Crippen molar-refractivity contribution in [2.24, 2.45) is 5.92 Å². The van der Waals surface area contributed by atoms with Crippen molar-refractivity contribution < 1.29 is 9.53 Å². The van der Waals surface area contributed by atoms with E-state index in [1.54, 1.807) is 31.6 Å². The lowest BCUT2D eigenvalue weighted by molar-refractivity contribution is -0.124. The lowest BCUT2D eigenvalue weighted by Gasteiger charge is -2.25. The second-order valence-electron chi connectivity index (χ2n) is 8.26. The Labute approximate surface area is 180 Å². The largest absolute Gasteiger partial charge is 0.497 e. The van der Waals surface area contributed by atoms with E-state index in [1.807, 2.05) is 38.1 Å². The number of pyridine rings is 1. The molecule has 0 aliphatic heterocycles. The Bertz CT molecular complexity index is 1120. The summed E-state index contributed by atoms with van der Waals surface area (Å²) in [5.74, 6) is 1.23. The van der Waals surface area contributed by atoms with E-state index >= 15 is 0 Å². The number of methoxy groups -OCH3 is 1. The number of hydrogen-bond donors (Lipinski definition) is 2. The fraction of sp³-hybridized carbons (Fsp3) is 0.333. The van der Waals surface area contributed by atoms with Crippen molar-refractivity contribution in [1.29, 1.82) is 0 Å². The summed E-state index contributed by atoms with van der Waals surface area (Å²) in [5, 5.41) is 3.17. The molecule has 1 saturated carbocycles. The number of carbonyl (C=O) groups is 1. The van der Waals surface area contributed by atoms with Crippen molar-refractivity contribution in [2.75, 3.05) is 7.11 Å². The fourth-order valence-electron chi connectivity index (χ4n) is 3.83. The molecule has 1 aromatic carbocycles. The van der Waals surface area contributed by atoms with Crippen LogP contribution in [0.1, 0.15) is 44.0 Å². The summed E-state index contributed by atoms with van der Waals surface area (Å²) < 4.78 is 5.23. The first-order chi connectivity index (χ1) is 14.9. The molecule has 1 amide bonds. The third kappa shape index (κ3) is 4.21. The molecule has 1 fully saturated rings. The third-order valence-electron chi connectivity index (χ3n) is 5.81. The van der Waals surface area contributed by atoms with Gasteiger partial charge in [-0.05, 0) is 48.6 Å². The molecule has 2 N–H and O–H groups in total. The van der Waals surface area contributed by atoms with Crippen LogP contribution in [0.4, 0.5) is 0 Å². The first kappa shape index (κ1) is 20.8. The van der Waals surface area contributed by atoms with Gasteiger partial charge in [0.2, 0.25) is 5.91 Å². The van der Waals surface area contributed by atoms with Crippen LogP contribution < -0.4 is 15.6 Å². The molecular formula is C24H26N4O3. The predicted octanol–water partition coefficient (Wildman–Crippen LogP) is 3.39. The topological polar surface area (TPSA) is 97.0 Å². The molecule has 2 aromatic heterocycles. The van der Waals surface area contributed by atoms with Crippen LogP contribution in [0.15, 0.2) is 59.7 Å². The van der Waals surface area contributed by atoms with Crippen LogP contribution in [0, 0.1) is 5.92 Å². The number of amides is 1. The van der Waals surface area contributed by atoms with Crippen LogP contribution >= 0.6 is 0 Å². The van der Waals surface area contributed by atoms with Gasteiger partial charge in [0, 0.05) is 24.0 Å². The Morgan fingerprint density at radius 1 is 1.13 bits per heavy atom. The summed E-state index contributed by atoms with van der Waals surface area (Å²) in [6.07, 6.45) is 4.88. The highest BCUT2D eigenvalue weighted by Gasteiger charge is 2.51. The van der Waals surface area contributed by atoms with Crippen LogP contribution in [0.25, 0.3) is 11.4 Å². The molecule has 7 heteroatoms. The van der Waals surface area contributed by atoms with Crippen molar-refractivity contribution in [3.63, 3.8) is 0 Å². The minimum Gasteiger partial charge on any atom is -0.497 e. The van der Waals surface area contributed by atoms with Gasteiger partial charge in [0.15, 0.2) is 0 Å². The van der Waals surface area contributed by atoms with E-state index < -0.39 is 5.41 Å². The van der Waals surface area contributed by atoms with Gasteiger partial charge in [0.1, 0.15) is 11.6 Å². The monoisotopic (exact) mass is 418 g/mol. The van der Waals surface area contributed by atoms with Crippen LogP contribution in [0.5, 0.6) is 5.75 Å². The zero-order valence-electron chi connectivity index (χ0n) is 17.9. The van der Waals surface area contributed by atoms with Crippen molar-refractivity contribution >= 4 is 5.91 Å². The number of aromatic amines is 1. The van der Waals surface area contributed by atoms with Gasteiger partial charge in [-0.15, -0.1) is 0 Å². The predicted molar refractivity (Wildman–Crippen MR) is 118 cm³/mol. The van der Waals surface area contributed by atoms with Crippen LogP contribution in [0.2, 0.25) is 0 Å². The molecule has 160 valence electrons. The highest BCUT2D eigenvalue weighted by atomic mass is 16.5. The first-order valence-electron chi connectivity index (χ1n) is 10.4. The molecule has 7 nitrogen and oxygen atoms in total. The number of aromatic nitrogens is 3. The van der Waals surface area contributed by atoms with Gasteiger partial charge in [-0.3, -0.25) is 14.6 Å². The van der Waals surface area contributed by atoms with Gasteiger partial charge in [0.05, 0.1) is 24.3 Å². The summed E-state index contributed by atoms with van der Waals surface area (Å²) >= 11 is 0. The smallest absolute Gasteiger partial charge is 0.251 e. The Hall–Kier alpha value is -3.48. The van der Waals surface area contributed by atoms with Crippen LogP contribution in [0.3, 0.4) is 0 Å². The molecule has 0 saturated heterocycles. The maximum absolute atomic E-state index is 13.3. The van der Waals surface area contributed by atoms with Gasteiger partial charge < -0.3 is 15.0 Å². The lowest BCUT2D eigenvalue weighted by atomic mass is 9.93. The minimum atomic E-state index is -0.533. The van der Waals surface area contributed by atoms with Gasteiger partial charge in [-0.25, -0.2) is 4.98 Å². The van der Waals surface area contributed by atoms with Gasteiger partial charge in [0.25, 0.3) is 5.56 Å². The van der Waals surface area contributed by atoms with Gasteiger partial charge >= 0.3 is 0 Å². The Kier molecular flexibility index (Phi) is 5.59. The standard InChI is InChI=1S/C24H26N4O3/c1-15(2)21(19-14-20(29)27-22(26-19)16-8-12-25-13-9-16)28-23(30)24(10-11-24)17-4-6-18(31-3)7-5-17/h4-9,12-15,21H,10-11H2,1-3H3,(H,28,30)(H,26,27,29)/t21-/m0/s1. The average molecular weight is 418 g/mol. The maximum atomic E-state index is 13.3. The molecular weight excluding hydrogens is 392 g/mol. The zero-order chi connectivity index (χ0) is 22.0. The molecule has 1 aliphatic carbocycles. The number of ether oxygens (including phenoxy) is 1. The lowest BCUT2D eigenvalue weighted by Crippen LogP contribution is -2.40. The van der Waals surface area contributed by atoms with E-state index in [2.05, 4.69) is 20.3 Å². The molecule has 31 heavy (non-hydrogen) atoms. The van der Waals surface area contributed by atoms with Gasteiger partial charge in [-0.1, -0.05) is 26.0 Å². The fourth-order valence-corrected chi connectivity index (χ4v) is 3.83. The number of benzene rings is 1. The van der Waals surface area contributed by atoms with Crippen LogP contribution in [-0.4, -0.2) is 28.0 Å². The van der Waals surface area contributed by atoms with Crippen molar-refractivity contribution in [3.8, 4) is 17.1 Å².